The molecule has 1 rings (SSSR count). The average molecular weight is 241 g/mol. The molecule has 4 heteroatoms. The lowest BCUT2D eigenvalue weighted by molar-refractivity contribution is -0.127. The lowest BCUT2D eigenvalue weighted by Gasteiger charge is -2.45. The van der Waals surface area contributed by atoms with Gasteiger partial charge in [0.1, 0.15) is 5.54 Å². The molecule has 1 amide bonds. The third-order valence-corrected chi connectivity index (χ3v) is 3.75. The van der Waals surface area contributed by atoms with Gasteiger partial charge in [0.25, 0.3) is 0 Å². The first kappa shape index (κ1) is 14.5. The number of rotatable bonds is 4. The van der Waals surface area contributed by atoms with Crippen molar-refractivity contribution >= 4 is 5.91 Å². The van der Waals surface area contributed by atoms with Gasteiger partial charge in [-0.15, -0.1) is 0 Å². The van der Waals surface area contributed by atoms with Crippen molar-refractivity contribution in [1.82, 2.24) is 10.2 Å². The zero-order valence-electron chi connectivity index (χ0n) is 11.7. The van der Waals surface area contributed by atoms with Crippen LogP contribution < -0.4 is 11.1 Å². The highest BCUT2D eigenvalue weighted by atomic mass is 16.1. The first-order chi connectivity index (χ1) is 7.82. The smallest absolute Gasteiger partial charge is 0.237 e. The lowest BCUT2D eigenvalue weighted by Crippen LogP contribution is -2.62. The Morgan fingerprint density at radius 2 is 1.88 bits per heavy atom. The number of primary amides is 1. The Bertz CT molecular complexity index is 262. The largest absolute Gasteiger partial charge is 0.368 e. The Hall–Kier alpha value is -0.610. The van der Waals surface area contributed by atoms with Crippen LogP contribution >= 0.6 is 0 Å². The van der Waals surface area contributed by atoms with E-state index in [1.54, 1.807) is 0 Å². The van der Waals surface area contributed by atoms with Crippen LogP contribution in [0.15, 0.2) is 0 Å². The van der Waals surface area contributed by atoms with Crippen molar-refractivity contribution in [3.8, 4) is 0 Å². The molecule has 4 nitrogen and oxygen atoms in total. The first-order valence-electron chi connectivity index (χ1n) is 6.62. The molecule has 0 aliphatic carbocycles. The molecule has 1 heterocycles. The molecule has 1 saturated heterocycles. The second kappa shape index (κ2) is 5.36. The molecule has 100 valence electrons. The van der Waals surface area contributed by atoms with E-state index in [1.807, 2.05) is 0 Å². The van der Waals surface area contributed by atoms with E-state index in [1.165, 1.54) is 0 Å². The number of nitrogens with two attached hydrogens (primary N) is 1. The van der Waals surface area contributed by atoms with Crippen LogP contribution in [0.4, 0.5) is 0 Å². The number of likely N-dealkylation sites (tertiary alicyclic amines) is 1. The summed E-state index contributed by atoms with van der Waals surface area (Å²) in [7, 11) is 0. The molecule has 0 unspecified atom stereocenters. The van der Waals surface area contributed by atoms with Crippen molar-refractivity contribution in [3.63, 3.8) is 0 Å². The molecule has 0 aromatic carbocycles. The zero-order valence-corrected chi connectivity index (χ0v) is 11.7. The molecule has 0 bridgehead atoms. The van der Waals surface area contributed by atoms with E-state index < -0.39 is 5.54 Å². The molecule has 0 spiro atoms. The molecule has 1 aliphatic heterocycles. The summed E-state index contributed by atoms with van der Waals surface area (Å²) in [5.74, 6) is -0.195. The number of piperidine rings is 1. The normalized spacial score (nSPS) is 21.4. The van der Waals surface area contributed by atoms with Crippen LogP contribution in [0, 0.1) is 0 Å². The fourth-order valence-corrected chi connectivity index (χ4v) is 2.43. The molecule has 17 heavy (non-hydrogen) atoms. The van der Waals surface area contributed by atoms with Crippen LogP contribution in [0.3, 0.4) is 0 Å². The Morgan fingerprint density at radius 1 is 1.35 bits per heavy atom. The summed E-state index contributed by atoms with van der Waals surface area (Å²) < 4.78 is 0. The maximum absolute atomic E-state index is 11.7. The predicted molar refractivity (Wildman–Crippen MR) is 70.8 cm³/mol. The second-order valence-electron chi connectivity index (χ2n) is 6.03. The van der Waals surface area contributed by atoms with Crippen LogP contribution in [0.5, 0.6) is 0 Å². The van der Waals surface area contributed by atoms with Crippen molar-refractivity contribution in [3.05, 3.63) is 0 Å². The van der Waals surface area contributed by atoms with Gasteiger partial charge in [0.15, 0.2) is 0 Å². The Balaban J connectivity index is 2.64. The predicted octanol–water partition coefficient (Wildman–Crippen LogP) is 1.10. The highest BCUT2D eigenvalue weighted by Crippen LogP contribution is 2.26. The fourth-order valence-electron chi connectivity index (χ4n) is 2.43. The van der Waals surface area contributed by atoms with Gasteiger partial charge in [-0.2, -0.15) is 0 Å². The van der Waals surface area contributed by atoms with E-state index in [2.05, 4.69) is 37.9 Å². The van der Waals surface area contributed by atoms with Crippen molar-refractivity contribution in [2.45, 2.75) is 58.0 Å². The van der Waals surface area contributed by atoms with Crippen molar-refractivity contribution in [1.29, 1.82) is 0 Å². The molecular weight excluding hydrogens is 214 g/mol. The standard InChI is InChI=1S/C13H27N3O/c1-5-8-15-13(11(14)17)6-9-16(10-7-13)12(2,3)4/h15H,5-10H2,1-4H3,(H2,14,17). The summed E-state index contributed by atoms with van der Waals surface area (Å²) in [6.07, 6.45) is 2.66. The molecule has 3 N–H and O–H groups in total. The van der Waals surface area contributed by atoms with Crippen LogP contribution in [0.25, 0.3) is 0 Å². The van der Waals surface area contributed by atoms with Gasteiger partial charge in [0.2, 0.25) is 5.91 Å². The minimum absolute atomic E-state index is 0.175. The van der Waals surface area contributed by atoms with Crippen LogP contribution in [-0.4, -0.2) is 41.5 Å². The van der Waals surface area contributed by atoms with Crippen molar-refractivity contribution in [2.75, 3.05) is 19.6 Å². The van der Waals surface area contributed by atoms with Crippen LogP contribution in [0.1, 0.15) is 47.0 Å². The molecule has 0 saturated carbocycles. The van der Waals surface area contributed by atoms with Gasteiger partial charge >= 0.3 is 0 Å². The molecule has 1 aliphatic rings. The monoisotopic (exact) mass is 241 g/mol. The third-order valence-electron chi connectivity index (χ3n) is 3.75. The van der Waals surface area contributed by atoms with E-state index >= 15 is 0 Å². The van der Waals surface area contributed by atoms with Gasteiger partial charge in [-0.05, 0) is 46.6 Å². The Morgan fingerprint density at radius 3 is 2.24 bits per heavy atom. The average Bonchev–Trinajstić information content (AvgIpc) is 2.25. The fraction of sp³-hybridized carbons (Fsp3) is 0.923. The van der Waals surface area contributed by atoms with Crippen molar-refractivity contribution in [2.24, 2.45) is 5.73 Å². The van der Waals surface area contributed by atoms with Gasteiger partial charge in [-0.3, -0.25) is 9.69 Å². The van der Waals surface area contributed by atoms with Crippen LogP contribution in [0.2, 0.25) is 0 Å². The molecule has 0 aromatic heterocycles. The minimum atomic E-state index is -0.474. The number of amides is 1. The second-order valence-corrected chi connectivity index (χ2v) is 6.03. The summed E-state index contributed by atoms with van der Waals surface area (Å²) in [4.78, 5) is 14.1. The summed E-state index contributed by atoms with van der Waals surface area (Å²) in [5, 5.41) is 3.36. The minimum Gasteiger partial charge on any atom is -0.368 e. The third kappa shape index (κ3) is 3.42. The molecule has 0 atom stereocenters. The van der Waals surface area contributed by atoms with E-state index in [0.717, 1.165) is 38.9 Å². The highest BCUT2D eigenvalue weighted by Gasteiger charge is 2.41. The first-order valence-corrected chi connectivity index (χ1v) is 6.62. The van der Waals surface area contributed by atoms with Gasteiger partial charge in [-0.1, -0.05) is 6.92 Å². The summed E-state index contributed by atoms with van der Waals surface area (Å²) in [5.41, 5.74) is 5.28. The van der Waals surface area contributed by atoms with Gasteiger partial charge in [-0.25, -0.2) is 0 Å². The summed E-state index contributed by atoms with van der Waals surface area (Å²) in [6, 6.07) is 0. The summed E-state index contributed by atoms with van der Waals surface area (Å²) in [6.45, 7) is 11.5. The topological polar surface area (TPSA) is 58.4 Å². The molecular formula is C13H27N3O. The zero-order chi connectivity index (χ0) is 13.1. The van der Waals surface area contributed by atoms with E-state index in [4.69, 9.17) is 5.73 Å². The quantitative estimate of drug-likeness (QED) is 0.775. The van der Waals surface area contributed by atoms with Gasteiger partial charge in [0.05, 0.1) is 0 Å². The lowest BCUT2D eigenvalue weighted by atomic mass is 9.84. The maximum Gasteiger partial charge on any atom is 0.237 e. The maximum atomic E-state index is 11.7. The SMILES string of the molecule is CCCNC1(C(N)=O)CCN(C(C)(C)C)CC1. The number of hydrogen-bond donors (Lipinski definition) is 2. The number of carbonyl (C=O) groups excluding carboxylic acids is 1. The van der Waals surface area contributed by atoms with E-state index in [0.29, 0.717) is 0 Å². The van der Waals surface area contributed by atoms with E-state index in [-0.39, 0.29) is 11.4 Å². The molecule has 0 aromatic rings. The summed E-state index contributed by atoms with van der Waals surface area (Å²) >= 11 is 0. The number of nitrogens with one attached hydrogen (secondary N) is 1. The van der Waals surface area contributed by atoms with Crippen molar-refractivity contribution < 1.29 is 4.79 Å². The highest BCUT2D eigenvalue weighted by molar-refractivity contribution is 5.84. The molecule has 1 fully saturated rings. The van der Waals surface area contributed by atoms with Crippen LogP contribution in [-0.2, 0) is 4.79 Å². The number of nitrogens with zero attached hydrogens (tertiary/aromatic N) is 1. The molecule has 0 radical (unpaired) electrons. The Kier molecular flexibility index (Phi) is 4.55. The van der Waals surface area contributed by atoms with Gasteiger partial charge in [0, 0.05) is 18.6 Å². The van der Waals surface area contributed by atoms with E-state index in [9.17, 15) is 4.79 Å². The number of hydrogen-bond acceptors (Lipinski definition) is 3. The number of carbonyl (C=O) groups is 1. The van der Waals surface area contributed by atoms with Gasteiger partial charge < -0.3 is 11.1 Å². The Labute approximate surface area is 105 Å².